The van der Waals surface area contributed by atoms with Gasteiger partial charge in [0.2, 0.25) is 0 Å². The minimum absolute atomic E-state index is 0.243. The molecule has 0 bridgehead atoms. The van der Waals surface area contributed by atoms with Crippen LogP contribution in [0.1, 0.15) is 25.7 Å². The Morgan fingerprint density at radius 1 is 1.11 bits per heavy atom. The van der Waals surface area contributed by atoms with Gasteiger partial charge in [0.25, 0.3) is 0 Å². The Kier molecular flexibility index (Phi) is 5.48. The molecular weight excluding hydrogens is 244 g/mol. The third kappa shape index (κ3) is 4.22. The van der Waals surface area contributed by atoms with Gasteiger partial charge in [0, 0.05) is 18.9 Å². The molecule has 2 aliphatic rings. The van der Waals surface area contributed by atoms with E-state index in [-0.39, 0.29) is 5.79 Å². The molecule has 1 spiro atoms. The summed E-state index contributed by atoms with van der Waals surface area (Å²) in [4.78, 5) is 18.2. The van der Waals surface area contributed by atoms with Crippen LogP contribution >= 0.6 is 0 Å². The van der Waals surface area contributed by atoms with E-state index in [9.17, 15) is 0 Å². The van der Waals surface area contributed by atoms with E-state index in [4.69, 9.17) is 35.1 Å². The van der Waals surface area contributed by atoms with Gasteiger partial charge in [-0.2, -0.15) is 0 Å². The molecule has 0 unspecified atom stereocenters. The van der Waals surface area contributed by atoms with Gasteiger partial charge in [0.1, 0.15) is 0 Å². The second kappa shape index (κ2) is 6.64. The molecule has 8 nitrogen and oxygen atoms in total. The molecule has 0 radical (unpaired) electrons. The Hall–Kier alpha value is -1.22. The molecule has 1 aliphatic heterocycles. The number of hydrogen-bond acceptors (Lipinski definition) is 6. The molecule has 0 aromatic heterocycles. The number of carboxylic acids is 2. The normalized spacial score (nSPS) is 22.3. The van der Waals surface area contributed by atoms with E-state index >= 15 is 0 Å². The number of carbonyl (C=O) groups is 2. The highest BCUT2D eigenvalue weighted by atomic mass is 16.7. The number of nitrogens with two attached hydrogens (primary N) is 1. The molecule has 0 amide bonds. The van der Waals surface area contributed by atoms with Crippen molar-refractivity contribution in [1.29, 1.82) is 0 Å². The zero-order valence-electron chi connectivity index (χ0n) is 9.92. The highest BCUT2D eigenvalue weighted by Gasteiger charge is 2.39. The summed E-state index contributed by atoms with van der Waals surface area (Å²) < 4.78 is 11.2. The van der Waals surface area contributed by atoms with Crippen molar-refractivity contribution in [2.24, 2.45) is 5.84 Å². The summed E-state index contributed by atoms with van der Waals surface area (Å²) in [5.74, 6) is 1.47. The van der Waals surface area contributed by atoms with Crippen LogP contribution in [0.25, 0.3) is 0 Å². The van der Waals surface area contributed by atoms with Crippen LogP contribution < -0.4 is 11.3 Å². The van der Waals surface area contributed by atoms with Crippen molar-refractivity contribution in [2.75, 3.05) is 13.2 Å². The highest BCUT2D eigenvalue weighted by molar-refractivity contribution is 6.27. The largest absolute Gasteiger partial charge is 0.473 e. The second-order valence-corrected chi connectivity index (χ2v) is 4.16. The zero-order chi connectivity index (χ0) is 13.6. The smallest absolute Gasteiger partial charge is 0.414 e. The minimum Gasteiger partial charge on any atom is -0.473 e. The molecule has 2 rings (SSSR count). The van der Waals surface area contributed by atoms with Crippen LogP contribution in [0.5, 0.6) is 0 Å². The average Bonchev–Trinajstić information content (AvgIpc) is 2.79. The van der Waals surface area contributed by atoms with Crippen LogP contribution in [0.15, 0.2) is 0 Å². The minimum atomic E-state index is -1.82. The Morgan fingerprint density at radius 2 is 1.56 bits per heavy atom. The molecule has 8 heteroatoms. The quantitative estimate of drug-likeness (QED) is 0.277. The molecule has 5 N–H and O–H groups in total. The van der Waals surface area contributed by atoms with Gasteiger partial charge in [-0.05, 0) is 12.8 Å². The van der Waals surface area contributed by atoms with E-state index in [1.807, 2.05) is 0 Å². The van der Waals surface area contributed by atoms with Crippen molar-refractivity contribution >= 4 is 11.9 Å². The molecule has 0 aromatic carbocycles. The average molecular weight is 262 g/mol. The van der Waals surface area contributed by atoms with Gasteiger partial charge in [-0.25, -0.2) is 9.59 Å². The molecule has 1 saturated heterocycles. The van der Waals surface area contributed by atoms with E-state index in [1.54, 1.807) is 0 Å². The lowest BCUT2D eigenvalue weighted by Gasteiger charge is -2.34. The third-order valence-electron chi connectivity index (χ3n) is 2.98. The third-order valence-corrected chi connectivity index (χ3v) is 2.98. The molecule has 1 saturated carbocycles. The fourth-order valence-corrected chi connectivity index (χ4v) is 2.01. The first-order chi connectivity index (χ1) is 8.49. The molecule has 18 heavy (non-hydrogen) atoms. The second-order valence-electron chi connectivity index (χ2n) is 4.16. The van der Waals surface area contributed by atoms with E-state index in [1.165, 1.54) is 0 Å². The molecule has 0 atom stereocenters. The van der Waals surface area contributed by atoms with Crippen molar-refractivity contribution in [3.05, 3.63) is 0 Å². The Bertz CT molecular complexity index is 281. The monoisotopic (exact) mass is 262 g/mol. The number of ether oxygens (including phenoxy) is 2. The van der Waals surface area contributed by atoms with Crippen LogP contribution in [0.4, 0.5) is 0 Å². The SMILES string of the molecule is NNC1CCC2(CC1)OCCO2.O=C(O)C(=O)O. The van der Waals surface area contributed by atoms with Gasteiger partial charge < -0.3 is 19.7 Å². The summed E-state index contributed by atoms with van der Waals surface area (Å²) in [6, 6.07) is 0.448. The Morgan fingerprint density at radius 3 is 1.89 bits per heavy atom. The molecule has 104 valence electrons. The van der Waals surface area contributed by atoms with Gasteiger partial charge in [0.05, 0.1) is 13.2 Å². The van der Waals surface area contributed by atoms with Crippen molar-refractivity contribution in [1.82, 2.24) is 5.43 Å². The van der Waals surface area contributed by atoms with Gasteiger partial charge in [-0.3, -0.25) is 11.3 Å². The lowest BCUT2D eigenvalue weighted by molar-refractivity contribution is -0.179. The number of carboxylic acid groups (broad SMARTS) is 2. The predicted octanol–water partition coefficient (Wildman–Crippen LogP) is -0.709. The fraction of sp³-hybridized carbons (Fsp3) is 0.800. The van der Waals surface area contributed by atoms with E-state index in [0.717, 1.165) is 38.9 Å². The maximum absolute atomic E-state index is 9.10. The van der Waals surface area contributed by atoms with Crippen LogP contribution in [0.3, 0.4) is 0 Å². The van der Waals surface area contributed by atoms with Crippen molar-refractivity contribution in [3.8, 4) is 0 Å². The highest BCUT2D eigenvalue weighted by Crippen LogP contribution is 2.35. The lowest BCUT2D eigenvalue weighted by atomic mass is 9.90. The van der Waals surface area contributed by atoms with Crippen LogP contribution in [0.2, 0.25) is 0 Å². The van der Waals surface area contributed by atoms with Gasteiger partial charge in [0.15, 0.2) is 5.79 Å². The predicted molar refractivity (Wildman–Crippen MR) is 59.5 cm³/mol. The van der Waals surface area contributed by atoms with Gasteiger partial charge in [-0.1, -0.05) is 0 Å². The fourth-order valence-electron chi connectivity index (χ4n) is 2.01. The molecule has 1 heterocycles. The summed E-state index contributed by atoms with van der Waals surface area (Å²) in [5.41, 5.74) is 2.80. The van der Waals surface area contributed by atoms with Crippen molar-refractivity contribution < 1.29 is 29.3 Å². The lowest BCUT2D eigenvalue weighted by Crippen LogP contribution is -2.44. The zero-order valence-corrected chi connectivity index (χ0v) is 9.92. The number of nitrogens with one attached hydrogen (secondary N) is 1. The Labute approximate surface area is 104 Å². The van der Waals surface area contributed by atoms with Crippen LogP contribution in [-0.4, -0.2) is 47.2 Å². The number of rotatable bonds is 1. The van der Waals surface area contributed by atoms with Crippen LogP contribution in [0, 0.1) is 0 Å². The summed E-state index contributed by atoms with van der Waals surface area (Å²) in [6.45, 7) is 1.50. The summed E-state index contributed by atoms with van der Waals surface area (Å²) >= 11 is 0. The topological polar surface area (TPSA) is 131 Å². The number of hydrazine groups is 1. The standard InChI is InChI=1S/C8H16N2O2.C2H2O4/c9-10-7-1-3-8(4-2-7)11-5-6-12-8;3-1(4)2(5)6/h7,10H,1-6,9H2;(H,3,4)(H,5,6). The number of hydrogen-bond donors (Lipinski definition) is 4. The number of aliphatic carboxylic acids is 2. The molecule has 2 fully saturated rings. The van der Waals surface area contributed by atoms with E-state index in [0.29, 0.717) is 6.04 Å². The van der Waals surface area contributed by atoms with Crippen molar-refractivity contribution in [2.45, 2.75) is 37.5 Å². The maximum Gasteiger partial charge on any atom is 0.414 e. The van der Waals surface area contributed by atoms with Crippen LogP contribution in [-0.2, 0) is 19.1 Å². The first-order valence-electron chi connectivity index (χ1n) is 5.69. The van der Waals surface area contributed by atoms with E-state index < -0.39 is 11.9 Å². The van der Waals surface area contributed by atoms with Crippen molar-refractivity contribution in [3.63, 3.8) is 0 Å². The first-order valence-corrected chi connectivity index (χ1v) is 5.69. The molecular formula is C10H18N2O6. The molecule has 0 aromatic rings. The van der Waals surface area contributed by atoms with Gasteiger partial charge >= 0.3 is 11.9 Å². The first kappa shape index (κ1) is 14.8. The van der Waals surface area contributed by atoms with Gasteiger partial charge in [-0.15, -0.1) is 0 Å². The maximum atomic E-state index is 9.10. The van der Waals surface area contributed by atoms with E-state index in [2.05, 4.69) is 5.43 Å². The summed E-state index contributed by atoms with van der Waals surface area (Å²) in [6.07, 6.45) is 4.05. The Balaban J connectivity index is 0.000000232. The summed E-state index contributed by atoms with van der Waals surface area (Å²) in [5, 5.41) is 14.8. The summed E-state index contributed by atoms with van der Waals surface area (Å²) in [7, 11) is 0. The molecule has 1 aliphatic carbocycles.